The lowest BCUT2D eigenvalue weighted by molar-refractivity contribution is -0.139. The van der Waals surface area contributed by atoms with Crippen LogP contribution in [0.2, 0.25) is 0 Å². The first kappa shape index (κ1) is 12.2. The second kappa shape index (κ2) is 5.75. The first-order valence-corrected chi connectivity index (χ1v) is 3.58. The maximum atomic E-state index is 10.9. The molecule has 0 heterocycles. The summed E-state index contributed by atoms with van der Waals surface area (Å²) >= 11 is 0. The lowest BCUT2D eigenvalue weighted by atomic mass is 10.2. The van der Waals surface area contributed by atoms with Crippen molar-refractivity contribution in [1.29, 1.82) is 0 Å². The van der Waals surface area contributed by atoms with Crippen LogP contribution in [-0.4, -0.2) is 36.2 Å². The number of methoxy groups -OCH3 is 1. The third-order valence-corrected chi connectivity index (χ3v) is 1.20. The van der Waals surface area contributed by atoms with Crippen molar-refractivity contribution in [1.82, 2.24) is 10.9 Å². The first-order chi connectivity index (χ1) is 6.47. The van der Waals surface area contributed by atoms with Crippen molar-refractivity contribution >= 4 is 18.0 Å². The third kappa shape index (κ3) is 4.93. The number of carbonyl (C=O) groups is 3. The predicted molar refractivity (Wildman–Crippen MR) is 43.9 cm³/mol. The van der Waals surface area contributed by atoms with Crippen molar-refractivity contribution in [3.63, 3.8) is 0 Å². The summed E-state index contributed by atoms with van der Waals surface area (Å²) in [6, 6.07) is -1.22. The molecule has 0 aromatic carbocycles. The van der Waals surface area contributed by atoms with Gasteiger partial charge in [-0.3, -0.25) is 15.0 Å². The molecule has 0 bridgehead atoms. The van der Waals surface area contributed by atoms with Crippen LogP contribution in [0, 0.1) is 0 Å². The van der Waals surface area contributed by atoms with E-state index < -0.39 is 30.4 Å². The van der Waals surface area contributed by atoms with Gasteiger partial charge in [0.05, 0.1) is 19.6 Å². The summed E-state index contributed by atoms with van der Waals surface area (Å²) in [6.45, 7) is 0. The topological polar surface area (TPSA) is 131 Å². The van der Waals surface area contributed by atoms with Crippen LogP contribution >= 0.6 is 0 Å². The number of hydrazine groups is 1. The van der Waals surface area contributed by atoms with E-state index in [0.717, 1.165) is 7.11 Å². The summed E-state index contributed by atoms with van der Waals surface area (Å²) in [6.07, 6.45) is -1.39. The number of rotatable bonds is 3. The fourth-order valence-electron chi connectivity index (χ4n) is 0.537. The van der Waals surface area contributed by atoms with E-state index in [1.54, 1.807) is 0 Å². The number of carbonyl (C=O) groups excluding carboxylic acids is 2. The number of nitrogens with two attached hydrogens (primary N) is 1. The van der Waals surface area contributed by atoms with Crippen LogP contribution in [0.3, 0.4) is 0 Å². The lowest BCUT2D eigenvalue weighted by Crippen LogP contribution is -2.49. The quantitative estimate of drug-likeness (QED) is 0.401. The molecule has 0 aromatic heterocycles. The number of hydrogen-bond acceptors (Lipinski definition) is 5. The van der Waals surface area contributed by atoms with Crippen LogP contribution in [0.4, 0.5) is 4.79 Å². The molecule has 0 radical (unpaired) electrons. The van der Waals surface area contributed by atoms with Gasteiger partial charge in [-0.2, -0.15) is 0 Å². The lowest BCUT2D eigenvalue weighted by Gasteiger charge is -2.09. The van der Waals surface area contributed by atoms with Crippen molar-refractivity contribution < 1.29 is 24.2 Å². The standard InChI is InChI=1S/C6H11N3O5/c1-14-6(13)9-8-5(12)3(7)2-4(10)11/h3H,2,7H2,1H3,(H,8,12)(H,9,13)(H,10,11)/t3-/m0/s1. The Morgan fingerprint density at radius 2 is 2.00 bits per heavy atom. The summed E-state index contributed by atoms with van der Waals surface area (Å²) < 4.78 is 4.14. The Bertz CT molecular complexity index is 242. The molecular weight excluding hydrogens is 194 g/mol. The fraction of sp³-hybridized carbons (Fsp3) is 0.500. The molecule has 0 aliphatic heterocycles. The van der Waals surface area contributed by atoms with Crippen molar-refractivity contribution in [3.8, 4) is 0 Å². The van der Waals surface area contributed by atoms with Crippen molar-refractivity contribution in [2.45, 2.75) is 12.5 Å². The maximum absolute atomic E-state index is 10.9. The van der Waals surface area contributed by atoms with Crippen molar-refractivity contribution in [2.75, 3.05) is 7.11 Å². The van der Waals surface area contributed by atoms with E-state index in [4.69, 9.17) is 10.8 Å². The first-order valence-electron chi connectivity index (χ1n) is 3.58. The molecule has 0 unspecified atom stereocenters. The molecule has 8 heteroatoms. The highest BCUT2D eigenvalue weighted by molar-refractivity contribution is 5.86. The van der Waals surface area contributed by atoms with E-state index in [9.17, 15) is 14.4 Å². The van der Waals surface area contributed by atoms with Gasteiger partial charge in [-0.05, 0) is 0 Å². The predicted octanol–water partition coefficient (Wildman–Crippen LogP) is -1.82. The zero-order valence-corrected chi connectivity index (χ0v) is 7.44. The van der Waals surface area contributed by atoms with E-state index in [2.05, 4.69) is 4.74 Å². The van der Waals surface area contributed by atoms with Crippen molar-refractivity contribution in [2.24, 2.45) is 5.73 Å². The minimum atomic E-state index is -1.22. The third-order valence-electron chi connectivity index (χ3n) is 1.20. The number of ether oxygens (including phenoxy) is 1. The van der Waals surface area contributed by atoms with E-state index in [1.807, 2.05) is 10.9 Å². The average molecular weight is 205 g/mol. The highest BCUT2D eigenvalue weighted by Crippen LogP contribution is 1.86. The minimum absolute atomic E-state index is 0.519. The van der Waals surface area contributed by atoms with E-state index in [1.165, 1.54) is 0 Å². The van der Waals surface area contributed by atoms with Gasteiger partial charge in [0.15, 0.2) is 0 Å². The molecule has 0 saturated heterocycles. The van der Waals surface area contributed by atoms with Gasteiger partial charge in [0, 0.05) is 0 Å². The number of aliphatic carboxylic acids is 1. The molecule has 0 fully saturated rings. The molecule has 0 aliphatic rings. The molecule has 8 nitrogen and oxygen atoms in total. The molecule has 80 valence electrons. The largest absolute Gasteiger partial charge is 0.481 e. The van der Waals surface area contributed by atoms with E-state index >= 15 is 0 Å². The summed E-state index contributed by atoms with van der Waals surface area (Å²) in [5.41, 5.74) is 8.90. The van der Waals surface area contributed by atoms with Crippen LogP contribution in [0.1, 0.15) is 6.42 Å². The van der Waals surface area contributed by atoms with Crippen LogP contribution in [0.25, 0.3) is 0 Å². The molecule has 0 saturated carbocycles. The number of hydrogen-bond donors (Lipinski definition) is 4. The zero-order valence-electron chi connectivity index (χ0n) is 7.44. The number of carboxylic acid groups (broad SMARTS) is 1. The van der Waals surface area contributed by atoms with Gasteiger partial charge in [-0.1, -0.05) is 0 Å². The molecule has 0 spiro atoms. The fourth-order valence-corrected chi connectivity index (χ4v) is 0.537. The van der Waals surface area contributed by atoms with Gasteiger partial charge < -0.3 is 15.6 Å². The van der Waals surface area contributed by atoms with Gasteiger partial charge in [0.2, 0.25) is 0 Å². The molecule has 14 heavy (non-hydrogen) atoms. The summed E-state index contributed by atoms with van der Waals surface area (Å²) in [4.78, 5) is 31.5. The van der Waals surface area contributed by atoms with Gasteiger partial charge in [0.25, 0.3) is 5.91 Å². The van der Waals surface area contributed by atoms with Crippen LogP contribution in [0.15, 0.2) is 0 Å². The molecular formula is C6H11N3O5. The minimum Gasteiger partial charge on any atom is -0.481 e. The summed E-state index contributed by atoms with van der Waals surface area (Å²) in [7, 11) is 1.11. The Morgan fingerprint density at radius 3 is 2.43 bits per heavy atom. The summed E-state index contributed by atoms with van der Waals surface area (Å²) in [5.74, 6) is -2.01. The number of carboxylic acids is 1. The van der Waals surface area contributed by atoms with Crippen LogP contribution < -0.4 is 16.6 Å². The van der Waals surface area contributed by atoms with Crippen molar-refractivity contribution in [3.05, 3.63) is 0 Å². The second-order valence-corrected chi connectivity index (χ2v) is 2.31. The smallest absolute Gasteiger partial charge is 0.425 e. The van der Waals surface area contributed by atoms with Crippen LogP contribution in [-0.2, 0) is 14.3 Å². The molecule has 5 N–H and O–H groups in total. The Balaban J connectivity index is 3.84. The maximum Gasteiger partial charge on any atom is 0.425 e. The van der Waals surface area contributed by atoms with Crippen LogP contribution in [0.5, 0.6) is 0 Å². The molecule has 1 atom stereocenters. The Kier molecular flexibility index (Phi) is 5.00. The Labute approximate surface area is 79.4 Å². The molecule has 0 aliphatic carbocycles. The second-order valence-electron chi connectivity index (χ2n) is 2.31. The Hall–Kier alpha value is -1.83. The Morgan fingerprint density at radius 1 is 1.43 bits per heavy atom. The monoisotopic (exact) mass is 205 g/mol. The number of amides is 2. The van der Waals surface area contributed by atoms with E-state index in [-0.39, 0.29) is 0 Å². The van der Waals surface area contributed by atoms with Gasteiger partial charge >= 0.3 is 12.1 Å². The zero-order chi connectivity index (χ0) is 11.1. The van der Waals surface area contributed by atoms with Gasteiger partial charge in [-0.25, -0.2) is 10.2 Å². The average Bonchev–Trinajstić information content (AvgIpc) is 2.12. The van der Waals surface area contributed by atoms with E-state index in [0.29, 0.717) is 0 Å². The normalized spacial score (nSPS) is 11.3. The number of nitrogens with one attached hydrogen (secondary N) is 2. The molecule has 0 aromatic rings. The highest BCUT2D eigenvalue weighted by atomic mass is 16.5. The van der Waals surface area contributed by atoms with Gasteiger partial charge in [0.1, 0.15) is 0 Å². The molecule has 0 rings (SSSR count). The molecule has 2 amide bonds. The van der Waals surface area contributed by atoms with Gasteiger partial charge in [-0.15, -0.1) is 0 Å². The summed E-state index contributed by atoms with van der Waals surface area (Å²) in [5, 5.41) is 8.28. The SMILES string of the molecule is COC(=O)NNC(=O)[C@@H](N)CC(=O)O. The highest BCUT2D eigenvalue weighted by Gasteiger charge is 2.17.